The van der Waals surface area contributed by atoms with Crippen LogP contribution in [0.1, 0.15) is 6.42 Å². The molecule has 0 bridgehead atoms. The van der Waals surface area contributed by atoms with Crippen LogP contribution in [0.2, 0.25) is 0 Å². The molecule has 1 rings (SSSR count). The summed E-state index contributed by atoms with van der Waals surface area (Å²) in [5.41, 5.74) is 5.56. The van der Waals surface area contributed by atoms with Crippen molar-refractivity contribution in [3.63, 3.8) is 0 Å². The number of methoxy groups -OCH3 is 1. The van der Waals surface area contributed by atoms with E-state index < -0.39 is 0 Å². The fraction of sp³-hybridized carbons (Fsp3) is 0.500. The number of benzene rings is 1. The molecule has 0 fully saturated rings. The monoisotopic (exact) mass is 298 g/mol. The summed E-state index contributed by atoms with van der Waals surface area (Å²) in [5.74, 6) is 1.06. The molecule has 0 unspecified atom stereocenters. The van der Waals surface area contributed by atoms with Crippen molar-refractivity contribution in [2.75, 3.05) is 39.1 Å². The molecule has 0 aliphatic carbocycles. The standard InChI is InChI=1S/C14H22N2OS2/c1-17-11-9-16(8-7-14(15)18)10-12-19-13-5-3-2-4-6-13/h2-6H,7-12H2,1H3,(H2,15,18). The largest absolute Gasteiger partial charge is 0.393 e. The van der Waals surface area contributed by atoms with E-state index in [9.17, 15) is 0 Å². The summed E-state index contributed by atoms with van der Waals surface area (Å²) in [5, 5.41) is 0. The lowest BCUT2D eigenvalue weighted by Gasteiger charge is -2.21. The second kappa shape index (κ2) is 10.2. The Hall–Kier alpha value is -0.620. The number of hydrogen-bond acceptors (Lipinski definition) is 4. The molecule has 3 nitrogen and oxygen atoms in total. The summed E-state index contributed by atoms with van der Waals surface area (Å²) in [6.07, 6.45) is 0.773. The van der Waals surface area contributed by atoms with Crippen molar-refractivity contribution >= 4 is 29.0 Å². The van der Waals surface area contributed by atoms with Gasteiger partial charge in [0.25, 0.3) is 0 Å². The van der Waals surface area contributed by atoms with Gasteiger partial charge in [-0.1, -0.05) is 30.4 Å². The summed E-state index contributed by atoms with van der Waals surface area (Å²) >= 11 is 6.80. The molecule has 0 saturated carbocycles. The minimum atomic E-state index is 0.582. The molecule has 0 aliphatic rings. The molecular weight excluding hydrogens is 276 g/mol. The Morgan fingerprint density at radius 3 is 2.63 bits per heavy atom. The number of ether oxygens (including phenoxy) is 1. The Bertz CT molecular complexity index is 360. The maximum Gasteiger partial charge on any atom is 0.0740 e. The van der Waals surface area contributed by atoms with E-state index in [1.165, 1.54) is 4.90 Å². The molecule has 1 aromatic rings. The number of nitrogens with two attached hydrogens (primary N) is 1. The lowest BCUT2D eigenvalue weighted by Crippen LogP contribution is -2.32. The van der Waals surface area contributed by atoms with Crippen molar-refractivity contribution in [2.45, 2.75) is 11.3 Å². The van der Waals surface area contributed by atoms with Gasteiger partial charge in [-0.05, 0) is 12.1 Å². The topological polar surface area (TPSA) is 38.5 Å². The van der Waals surface area contributed by atoms with Crippen molar-refractivity contribution in [1.82, 2.24) is 4.90 Å². The third-order valence-electron chi connectivity index (χ3n) is 2.71. The lowest BCUT2D eigenvalue weighted by atomic mass is 10.3. The predicted octanol–water partition coefficient (Wildman–Crippen LogP) is 2.40. The quantitative estimate of drug-likeness (QED) is 0.530. The molecule has 106 valence electrons. The molecular formula is C14H22N2OS2. The van der Waals surface area contributed by atoms with Gasteiger partial charge in [-0.3, -0.25) is 4.90 Å². The van der Waals surface area contributed by atoms with Crippen molar-refractivity contribution in [2.24, 2.45) is 5.73 Å². The molecule has 0 aromatic heterocycles. The van der Waals surface area contributed by atoms with Crippen molar-refractivity contribution in [1.29, 1.82) is 0 Å². The number of rotatable bonds is 10. The lowest BCUT2D eigenvalue weighted by molar-refractivity contribution is 0.153. The molecule has 1 aromatic carbocycles. The van der Waals surface area contributed by atoms with Crippen LogP contribution in [0.25, 0.3) is 0 Å². The van der Waals surface area contributed by atoms with E-state index in [1.807, 2.05) is 17.8 Å². The molecule has 5 heteroatoms. The minimum absolute atomic E-state index is 0.582. The van der Waals surface area contributed by atoms with Gasteiger partial charge in [0.15, 0.2) is 0 Å². The summed E-state index contributed by atoms with van der Waals surface area (Å²) in [6, 6.07) is 10.4. The molecule has 0 atom stereocenters. The van der Waals surface area contributed by atoms with E-state index >= 15 is 0 Å². The summed E-state index contributed by atoms with van der Waals surface area (Å²) in [4.78, 5) is 4.24. The van der Waals surface area contributed by atoms with Gasteiger partial charge in [0.1, 0.15) is 0 Å². The van der Waals surface area contributed by atoms with E-state index in [1.54, 1.807) is 7.11 Å². The van der Waals surface area contributed by atoms with E-state index in [0.717, 1.165) is 38.4 Å². The Morgan fingerprint density at radius 1 is 1.26 bits per heavy atom. The third kappa shape index (κ3) is 8.21. The maximum absolute atomic E-state index is 5.56. The third-order valence-corrected chi connectivity index (χ3v) is 3.90. The van der Waals surface area contributed by atoms with Crippen LogP contribution < -0.4 is 5.73 Å². The second-order valence-electron chi connectivity index (χ2n) is 4.21. The zero-order valence-corrected chi connectivity index (χ0v) is 13.0. The first kappa shape index (κ1) is 16.4. The molecule has 0 saturated heterocycles. The molecule has 19 heavy (non-hydrogen) atoms. The predicted molar refractivity (Wildman–Crippen MR) is 86.9 cm³/mol. The molecule has 0 aliphatic heterocycles. The Morgan fingerprint density at radius 2 is 2.00 bits per heavy atom. The molecule has 0 spiro atoms. The van der Waals surface area contributed by atoms with Crippen molar-refractivity contribution in [3.05, 3.63) is 30.3 Å². The van der Waals surface area contributed by atoms with E-state index in [2.05, 4.69) is 29.2 Å². The average molecular weight is 298 g/mol. The maximum atomic E-state index is 5.56. The van der Waals surface area contributed by atoms with Gasteiger partial charge >= 0.3 is 0 Å². The minimum Gasteiger partial charge on any atom is -0.393 e. The zero-order valence-electron chi connectivity index (χ0n) is 11.4. The molecule has 0 radical (unpaired) electrons. The highest BCUT2D eigenvalue weighted by molar-refractivity contribution is 7.99. The van der Waals surface area contributed by atoms with Gasteiger partial charge in [0, 0.05) is 43.8 Å². The zero-order chi connectivity index (χ0) is 13.9. The summed E-state index contributed by atoms with van der Waals surface area (Å²) in [6.45, 7) is 3.60. The summed E-state index contributed by atoms with van der Waals surface area (Å²) in [7, 11) is 1.73. The number of nitrogens with zero attached hydrogens (tertiary/aromatic N) is 1. The van der Waals surface area contributed by atoms with Crippen LogP contribution in [0.3, 0.4) is 0 Å². The smallest absolute Gasteiger partial charge is 0.0740 e. The van der Waals surface area contributed by atoms with Crippen LogP contribution in [0.5, 0.6) is 0 Å². The fourth-order valence-electron chi connectivity index (χ4n) is 1.63. The van der Waals surface area contributed by atoms with Gasteiger partial charge in [-0.2, -0.15) is 0 Å². The first-order chi connectivity index (χ1) is 9.22. The van der Waals surface area contributed by atoms with Crippen LogP contribution in [0.4, 0.5) is 0 Å². The fourth-order valence-corrected chi connectivity index (χ4v) is 2.66. The Balaban J connectivity index is 2.28. The highest BCUT2D eigenvalue weighted by Gasteiger charge is 2.05. The summed E-state index contributed by atoms with van der Waals surface area (Å²) < 4.78 is 5.13. The molecule has 0 heterocycles. The number of thioether (sulfide) groups is 1. The second-order valence-corrected chi connectivity index (χ2v) is 5.90. The van der Waals surface area contributed by atoms with Crippen LogP contribution in [0.15, 0.2) is 35.2 Å². The number of thiocarbonyl (C=S) groups is 1. The van der Waals surface area contributed by atoms with Gasteiger partial charge in [-0.25, -0.2) is 0 Å². The van der Waals surface area contributed by atoms with Crippen LogP contribution in [0, 0.1) is 0 Å². The molecule has 0 amide bonds. The van der Waals surface area contributed by atoms with Gasteiger partial charge in [0.2, 0.25) is 0 Å². The van der Waals surface area contributed by atoms with Crippen molar-refractivity contribution < 1.29 is 4.74 Å². The highest BCUT2D eigenvalue weighted by atomic mass is 32.2. The van der Waals surface area contributed by atoms with Gasteiger partial charge in [0.05, 0.1) is 11.6 Å². The van der Waals surface area contributed by atoms with Gasteiger partial charge in [-0.15, -0.1) is 11.8 Å². The van der Waals surface area contributed by atoms with Crippen LogP contribution in [-0.2, 0) is 4.74 Å². The van der Waals surface area contributed by atoms with E-state index in [0.29, 0.717) is 4.99 Å². The van der Waals surface area contributed by atoms with E-state index in [-0.39, 0.29) is 0 Å². The normalized spacial score (nSPS) is 10.8. The van der Waals surface area contributed by atoms with E-state index in [4.69, 9.17) is 22.7 Å². The number of hydrogen-bond donors (Lipinski definition) is 1. The van der Waals surface area contributed by atoms with Gasteiger partial charge < -0.3 is 10.5 Å². The average Bonchev–Trinajstić information content (AvgIpc) is 2.42. The SMILES string of the molecule is COCCN(CCSc1ccccc1)CCC(N)=S. The van der Waals surface area contributed by atoms with Crippen LogP contribution in [-0.4, -0.2) is 49.0 Å². The van der Waals surface area contributed by atoms with Crippen LogP contribution >= 0.6 is 24.0 Å². The first-order valence-electron chi connectivity index (χ1n) is 6.40. The first-order valence-corrected chi connectivity index (χ1v) is 7.79. The highest BCUT2D eigenvalue weighted by Crippen LogP contribution is 2.16. The molecule has 2 N–H and O–H groups in total. The van der Waals surface area contributed by atoms with Crippen molar-refractivity contribution in [3.8, 4) is 0 Å². The Kier molecular flexibility index (Phi) is 8.82. The Labute approximate surface area is 125 Å².